The lowest BCUT2D eigenvalue weighted by atomic mass is 10.1. The molecule has 114 valence electrons. The monoisotopic (exact) mass is 305 g/mol. The highest BCUT2D eigenvalue weighted by Gasteiger charge is 2.38. The molecule has 0 spiro atoms. The maximum Gasteiger partial charge on any atom is 0.270 e. The number of likely N-dealkylation sites (tertiary alicyclic amines) is 1. The van der Waals surface area contributed by atoms with Crippen molar-refractivity contribution in [3.8, 4) is 0 Å². The Labute approximate surface area is 130 Å². The molecule has 1 saturated heterocycles. The van der Waals surface area contributed by atoms with E-state index in [-0.39, 0.29) is 11.9 Å². The summed E-state index contributed by atoms with van der Waals surface area (Å²) in [6.45, 7) is 4.33. The number of thioether (sulfide) groups is 1. The van der Waals surface area contributed by atoms with Gasteiger partial charge in [-0.25, -0.2) is 0 Å². The van der Waals surface area contributed by atoms with Crippen molar-refractivity contribution in [2.75, 3.05) is 19.3 Å². The molecule has 2 heterocycles. The summed E-state index contributed by atoms with van der Waals surface area (Å²) in [5, 5.41) is 3.20. The number of pyridine rings is 1. The van der Waals surface area contributed by atoms with Gasteiger partial charge in [-0.3, -0.25) is 14.7 Å². The lowest BCUT2D eigenvalue weighted by Gasteiger charge is -2.17. The molecule has 1 aliphatic carbocycles. The second-order valence-electron chi connectivity index (χ2n) is 6.19. The zero-order valence-electron chi connectivity index (χ0n) is 12.7. The first-order valence-electron chi connectivity index (χ1n) is 7.66. The van der Waals surface area contributed by atoms with E-state index in [0.717, 1.165) is 30.4 Å². The van der Waals surface area contributed by atoms with Crippen LogP contribution in [0.3, 0.4) is 0 Å². The summed E-state index contributed by atoms with van der Waals surface area (Å²) >= 11 is 1.71. The van der Waals surface area contributed by atoms with Crippen molar-refractivity contribution in [3.63, 3.8) is 0 Å². The Morgan fingerprint density at radius 1 is 1.48 bits per heavy atom. The third-order valence-corrected chi connectivity index (χ3v) is 5.03. The number of carbonyl (C=O) groups is 1. The van der Waals surface area contributed by atoms with Gasteiger partial charge in [0.2, 0.25) is 0 Å². The minimum atomic E-state index is -0.0193. The summed E-state index contributed by atoms with van der Waals surface area (Å²) < 4.78 is 0. The molecule has 2 unspecified atom stereocenters. The van der Waals surface area contributed by atoms with Gasteiger partial charge in [0, 0.05) is 37.1 Å². The first-order valence-corrected chi connectivity index (χ1v) is 9.06. The van der Waals surface area contributed by atoms with Crippen molar-refractivity contribution in [1.82, 2.24) is 15.2 Å². The summed E-state index contributed by atoms with van der Waals surface area (Å²) in [5.41, 5.74) is 1.61. The summed E-state index contributed by atoms with van der Waals surface area (Å²) in [7, 11) is 0. The van der Waals surface area contributed by atoms with Gasteiger partial charge in [-0.05, 0) is 36.6 Å². The van der Waals surface area contributed by atoms with Gasteiger partial charge < -0.3 is 5.32 Å². The fraction of sp³-hybridized carbons (Fsp3) is 0.625. The van der Waals surface area contributed by atoms with Crippen molar-refractivity contribution in [3.05, 3.63) is 29.6 Å². The quantitative estimate of drug-likeness (QED) is 0.905. The highest BCUT2D eigenvalue weighted by Crippen LogP contribution is 2.31. The van der Waals surface area contributed by atoms with E-state index < -0.39 is 0 Å². The van der Waals surface area contributed by atoms with E-state index in [1.165, 1.54) is 12.8 Å². The van der Waals surface area contributed by atoms with Gasteiger partial charge in [-0.2, -0.15) is 11.8 Å². The van der Waals surface area contributed by atoms with E-state index in [2.05, 4.69) is 22.1 Å². The Kier molecular flexibility index (Phi) is 4.50. The molecule has 2 atom stereocenters. The predicted octanol–water partition coefficient (Wildman–Crippen LogP) is 2.16. The molecule has 4 nitrogen and oxygen atoms in total. The van der Waals surface area contributed by atoms with Gasteiger partial charge in [0.05, 0.1) is 0 Å². The Morgan fingerprint density at radius 3 is 3.00 bits per heavy atom. The molecule has 3 rings (SSSR count). The zero-order valence-corrected chi connectivity index (χ0v) is 13.5. The van der Waals surface area contributed by atoms with Crippen LogP contribution in [0.15, 0.2) is 18.3 Å². The van der Waals surface area contributed by atoms with Crippen LogP contribution in [-0.4, -0.2) is 47.2 Å². The van der Waals surface area contributed by atoms with Crippen LogP contribution in [0.4, 0.5) is 0 Å². The molecule has 1 aromatic heterocycles. The number of hydrogen-bond acceptors (Lipinski definition) is 4. The second-order valence-corrected chi connectivity index (χ2v) is 7.05. The number of hydrogen-bond donors (Lipinski definition) is 1. The van der Waals surface area contributed by atoms with Crippen LogP contribution in [0.5, 0.6) is 0 Å². The van der Waals surface area contributed by atoms with Crippen LogP contribution in [-0.2, 0) is 5.75 Å². The van der Waals surface area contributed by atoms with Crippen molar-refractivity contribution in [2.24, 2.45) is 5.92 Å². The number of aromatic nitrogens is 1. The maximum absolute atomic E-state index is 12.5. The SMILES string of the molecule is CSCc1cccnc1C(=O)NC1CN(C2CC2)CC1C. The highest BCUT2D eigenvalue weighted by molar-refractivity contribution is 7.97. The molecule has 5 heteroatoms. The van der Waals surface area contributed by atoms with Crippen molar-refractivity contribution < 1.29 is 4.79 Å². The summed E-state index contributed by atoms with van der Waals surface area (Å²) in [6.07, 6.45) is 6.39. The Morgan fingerprint density at radius 2 is 2.29 bits per heavy atom. The van der Waals surface area contributed by atoms with Crippen LogP contribution in [0.25, 0.3) is 0 Å². The molecule has 1 aromatic rings. The van der Waals surface area contributed by atoms with E-state index in [4.69, 9.17) is 0 Å². The summed E-state index contributed by atoms with van der Waals surface area (Å²) in [4.78, 5) is 19.3. The summed E-state index contributed by atoms with van der Waals surface area (Å²) in [6, 6.07) is 4.92. The molecule has 21 heavy (non-hydrogen) atoms. The Balaban J connectivity index is 1.66. The maximum atomic E-state index is 12.5. The average molecular weight is 305 g/mol. The van der Waals surface area contributed by atoms with Crippen LogP contribution >= 0.6 is 11.8 Å². The van der Waals surface area contributed by atoms with E-state index in [0.29, 0.717) is 11.6 Å². The highest BCUT2D eigenvalue weighted by atomic mass is 32.2. The lowest BCUT2D eigenvalue weighted by molar-refractivity contribution is 0.0925. The van der Waals surface area contributed by atoms with Gasteiger partial charge in [0.25, 0.3) is 5.91 Å². The number of rotatable bonds is 5. The molecular formula is C16H23N3OS. The average Bonchev–Trinajstić information content (AvgIpc) is 3.26. The molecule has 0 bridgehead atoms. The first kappa shape index (κ1) is 14.9. The zero-order chi connectivity index (χ0) is 14.8. The third-order valence-electron chi connectivity index (χ3n) is 4.43. The van der Waals surface area contributed by atoms with Crippen LogP contribution in [0, 0.1) is 5.92 Å². The molecule has 0 radical (unpaired) electrons. The first-order chi connectivity index (χ1) is 10.2. The molecule has 1 aliphatic heterocycles. The standard InChI is InChI=1S/C16H23N3OS/c1-11-8-19(13-5-6-13)9-14(11)18-16(20)15-12(10-21-2)4-3-7-17-15/h3-4,7,11,13-14H,5-6,8-10H2,1-2H3,(H,18,20). The third kappa shape index (κ3) is 3.40. The van der Waals surface area contributed by atoms with Gasteiger partial charge in [0.1, 0.15) is 5.69 Å². The topological polar surface area (TPSA) is 45.2 Å². The number of amides is 1. The molecule has 1 saturated carbocycles. The van der Waals surface area contributed by atoms with Crippen molar-refractivity contribution >= 4 is 17.7 Å². The largest absolute Gasteiger partial charge is 0.346 e. The van der Waals surface area contributed by atoms with E-state index >= 15 is 0 Å². The van der Waals surface area contributed by atoms with Crippen LogP contribution in [0.1, 0.15) is 35.8 Å². The molecule has 2 fully saturated rings. The van der Waals surface area contributed by atoms with Crippen LogP contribution < -0.4 is 5.32 Å². The van der Waals surface area contributed by atoms with Crippen LogP contribution in [0.2, 0.25) is 0 Å². The number of carbonyl (C=O) groups excluding carboxylic acids is 1. The van der Waals surface area contributed by atoms with Gasteiger partial charge in [-0.15, -0.1) is 0 Å². The fourth-order valence-corrected chi connectivity index (χ4v) is 3.63. The second kappa shape index (κ2) is 6.36. The molecule has 1 N–H and O–H groups in total. The van der Waals surface area contributed by atoms with Crippen molar-refractivity contribution in [2.45, 2.75) is 37.6 Å². The number of nitrogens with one attached hydrogen (secondary N) is 1. The number of nitrogens with zero attached hydrogens (tertiary/aromatic N) is 2. The Hall–Kier alpha value is -1.07. The van der Waals surface area contributed by atoms with Gasteiger partial charge in [0.15, 0.2) is 0 Å². The summed E-state index contributed by atoms with van der Waals surface area (Å²) in [5.74, 6) is 1.32. The molecule has 1 amide bonds. The lowest BCUT2D eigenvalue weighted by Crippen LogP contribution is -2.40. The van der Waals surface area contributed by atoms with Gasteiger partial charge >= 0.3 is 0 Å². The van der Waals surface area contributed by atoms with E-state index in [1.807, 2.05) is 18.4 Å². The molecule has 0 aromatic carbocycles. The van der Waals surface area contributed by atoms with E-state index in [1.54, 1.807) is 18.0 Å². The minimum Gasteiger partial charge on any atom is -0.346 e. The molecule has 2 aliphatic rings. The fourth-order valence-electron chi connectivity index (χ4n) is 3.08. The smallest absolute Gasteiger partial charge is 0.270 e. The van der Waals surface area contributed by atoms with E-state index in [9.17, 15) is 4.79 Å². The Bertz CT molecular complexity index is 518. The predicted molar refractivity (Wildman–Crippen MR) is 86.5 cm³/mol. The normalized spacial score (nSPS) is 26.0. The van der Waals surface area contributed by atoms with Crippen molar-refractivity contribution in [1.29, 1.82) is 0 Å². The molecular weight excluding hydrogens is 282 g/mol. The minimum absolute atomic E-state index is 0.0193. The van der Waals surface area contributed by atoms with Gasteiger partial charge in [-0.1, -0.05) is 13.0 Å².